The van der Waals surface area contributed by atoms with Crippen LogP contribution >= 0.6 is 0 Å². The lowest BCUT2D eigenvalue weighted by atomic mass is 10.0. The first-order valence-corrected chi connectivity index (χ1v) is 7.55. The van der Waals surface area contributed by atoms with Crippen LogP contribution in [0.25, 0.3) is 0 Å². The van der Waals surface area contributed by atoms with E-state index < -0.39 is 0 Å². The molecule has 0 aliphatic carbocycles. The molecule has 3 rings (SSSR count). The van der Waals surface area contributed by atoms with Gasteiger partial charge in [0.1, 0.15) is 5.82 Å². The van der Waals surface area contributed by atoms with E-state index in [0.29, 0.717) is 6.04 Å². The molecule has 0 radical (unpaired) electrons. The number of hydrogen-bond acceptors (Lipinski definition) is 2. The van der Waals surface area contributed by atoms with Gasteiger partial charge in [0.2, 0.25) is 0 Å². The second-order valence-electron chi connectivity index (χ2n) is 5.70. The summed E-state index contributed by atoms with van der Waals surface area (Å²) in [5, 5.41) is 3.56. The molecule has 1 saturated heterocycles. The van der Waals surface area contributed by atoms with Gasteiger partial charge in [0.15, 0.2) is 0 Å². The van der Waals surface area contributed by atoms with Crippen LogP contribution in [0, 0.1) is 12.7 Å². The summed E-state index contributed by atoms with van der Waals surface area (Å²) >= 11 is 0. The maximum atomic E-state index is 13.1. The van der Waals surface area contributed by atoms with Crippen molar-refractivity contribution in [1.29, 1.82) is 0 Å². The Morgan fingerprint density at radius 1 is 1.05 bits per heavy atom. The normalized spacial score (nSPS) is 16.0. The van der Waals surface area contributed by atoms with Gasteiger partial charge >= 0.3 is 0 Å². The second kappa shape index (κ2) is 6.17. The Bertz CT molecular complexity index is 589. The van der Waals surface area contributed by atoms with Crippen molar-refractivity contribution >= 4 is 11.4 Å². The molecular weight excluding hydrogens is 263 g/mol. The number of anilines is 2. The number of benzene rings is 2. The van der Waals surface area contributed by atoms with E-state index in [2.05, 4.69) is 40.5 Å². The number of para-hydroxylation sites is 1. The second-order valence-corrected chi connectivity index (χ2v) is 5.70. The molecule has 110 valence electrons. The fourth-order valence-corrected chi connectivity index (χ4v) is 2.93. The third kappa shape index (κ3) is 3.35. The number of aryl methyl sites for hydroxylation is 1. The van der Waals surface area contributed by atoms with Gasteiger partial charge in [0, 0.05) is 30.5 Å². The molecule has 21 heavy (non-hydrogen) atoms. The molecule has 3 heteroatoms. The van der Waals surface area contributed by atoms with E-state index >= 15 is 0 Å². The van der Waals surface area contributed by atoms with Gasteiger partial charge in [-0.05, 0) is 55.7 Å². The molecule has 1 N–H and O–H groups in total. The quantitative estimate of drug-likeness (QED) is 0.908. The molecule has 2 aromatic carbocycles. The highest BCUT2D eigenvalue weighted by Gasteiger charge is 2.19. The summed E-state index contributed by atoms with van der Waals surface area (Å²) in [5.41, 5.74) is 3.32. The Kier molecular flexibility index (Phi) is 4.09. The number of hydrogen-bond donors (Lipinski definition) is 1. The van der Waals surface area contributed by atoms with E-state index in [4.69, 9.17) is 0 Å². The van der Waals surface area contributed by atoms with Crippen LogP contribution in [0.4, 0.5) is 15.8 Å². The van der Waals surface area contributed by atoms with Gasteiger partial charge in [-0.1, -0.05) is 18.2 Å². The minimum atomic E-state index is -0.169. The predicted molar refractivity (Wildman–Crippen MR) is 86.4 cm³/mol. The maximum Gasteiger partial charge on any atom is 0.123 e. The van der Waals surface area contributed by atoms with E-state index in [1.165, 1.54) is 11.8 Å². The van der Waals surface area contributed by atoms with Gasteiger partial charge in [-0.15, -0.1) is 0 Å². The van der Waals surface area contributed by atoms with Crippen molar-refractivity contribution in [2.24, 2.45) is 0 Å². The molecule has 1 fully saturated rings. The largest absolute Gasteiger partial charge is 0.382 e. The molecule has 0 atom stereocenters. The topological polar surface area (TPSA) is 15.3 Å². The average molecular weight is 284 g/mol. The van der Waals surface area contributed by atoms with Crippen molar-refractivity contribution in [2.45, 2.75) is 25.8 Å². The molecule has 2 aromatic rings. The van der Waals surface area contributed by atoms with Crippen molar-refractivity contribution < 1.29 is 4.39 Å². The summed E-state index contributed by atoms with van der Waals surface area (Å²) in [7, 11) is 0. The summed E-state index contributed by atoms with van der Waals surface area (Å²) in [6, 6.07) is 16.0. The van der Waals surface area contributed by atoms with Crippen LogP contribution in [0.15, 0.2) is 48.5 Å². The van der Waals surface area contributed by atoms with E-state index in [0.717, 1.165) is 37.2 Å². The fourth-order valence-electron chi connectivity index (χ4n) is 2.93. The van der Waals surface area contributed by atoms with E-state index in [1.54, 1.807) is 6.07 Å². The van der Waals surface area contributed by atoms with Crippen molar-refractivity contribution in [3.63, 3.8) is 0 Å². The van der Waals surface area contributed by atoms with Crippen molar-refractivity contribution in [1.82, 2.24) is 0 Å². The van der Waals surface area contributed by atoms with Crippen LogP contribution < -0.4 is 10.2 Å². The average Bonchev–Trinajstić information content (AvgIpc) is 2.52. The molecule has 0 unspecified atom stereocenters. The molecule has 0 aromatic heterocycles. The van der Waals surface area contributed by atoms with Crippen molar-refractivity contribution in [3.8, 4) is 0 Å². The van der Waals surface area contributed by atoms with Gasteiger partial charge in [-0.2, -0.15) is 0 Å². The Labute approximate surface area is 125 Å². The van der Waals surface area contributed by atoms with E-state index in [1.807, 2.05) is 13.0 Å². The van der Waals surface area contributed by atoms with Crippen LogP contribution in [-0.4, -0.2) is 19.1 Å². The van der Waals surface area contributed by atoms with E-state index in [9.17, 15) is 4.39 Å². The first-order valence-electron chi connectivity index (χ1n) is 7.55. The number of piperidine rings is 1. The van der Waals surface area contributed by atoms with Gasteiger partial charge in [0.25, 0.3) is 0 Å². The molecule has 0 bridgehead atoms. The standard InChI is InChI=1S/C18H21FN2/c1-14-13-15(19)7-8-18(14)20-16-9-11-21(12-10-16)17-5-3-2-4-6-17/h2-8,13,16,20H,9-12H2,1H3. The zero-order valence-electron chi connectivity index (χ0n) is 12.3. The molecule has 1 aliphatic heterocycles. The summed E-state index contributed by atoms with van der Waals surface area (Å²) in [6.07, 6.45) is 2.21. The molecule has 0 saturated carbocycles. The maximum absolute atomic E-state index is 13.1. The minimum Gasteiger partial charge on any atom is -0.382 e. The zero-order chi connectivity index (χ0) is 14.7. The Morgan fingerprint density at radius 3 is 2.43 bits per heavy atom. The number of nitrogens with zero attached hydrogens (tertiary/aromatic N) is 1. The Morgan fingerprint density at radius 2 is 1.76 bits per heavy atom. The zero-order valence-corrected chi connectivity index (χ0v) is 12.3. The lowest BCUT2D eigenvalue weighted by molar-refractivity contribution is 0.526. The summed E-state index contributed by atoms with van der Waals surface area (Å²) < 4.78 is 13.1. The van der Waals surface area contributed by atoms with Gasteiger partial charge in [-0.3, -0.25) is 0 Å². The van der Waals surface area contributed by atoms with Crippen LogP contribution in [0.3, 0.4) is 0 Å². The van der Waals surface area contributed by atoms with Gasteiger partial charge in [0.05, 0.1) is 0 Å². The Hall–Kier alpha value is -2.03. The fraction of sp³-hybridized carbons (Fsp3) is 0.333. The summed E-state index contributed by atoms with van der Waals surface area (Å²) in [4.78, 5) is 2.43. The molecule has 0 spiro atoms. The van der Waals surface area contributed by atoms with Crippen molar-refractivity contribution in [3.05, 3.63) is 59.9 Å². The predicted octanol–water partition coefficient (Wildman–Crippen LogP) is 4.22. The molecule has 0 amide bonds. The van der Waals surface area contributed by atoms with Crippen LogP contribution in [-0.2, 0) is 0 Å². The first kappa shape index (κ1) is 13.9. The van der Waals surface area contributed by atoms with Gasteiger partial charge in [-0.25, -0.2) is 4.39 Å². The highest BCUT2D eigenvalue weighted by atomic mass is 19.1. The monoisotopic (exact) mass is 284 g/mol. The first-order chi connectivity index (χ1) is 10.2. The number of nitrogens with one attached hydrogen (secondary N) is 1. The summed E-state index contributed by atoms with van der Waals surface area (Å²) in [5.74, 6) is -0.169. The van der Waals surface area contributed by atoms with Gasteiger partial charge < -0.3 is 10.2 Å². The van der Waals surface area contributed by atoms with Crippen molar-refractivity contribution in [2.75, 3.05) is 23.3 Å². The number of rotatable bonds is 3. The molecular formula is C18H21FN2. The highest BCUT2D eigenvalue weighted by molar-refractivity contribution is 5.52. The molecule has 2 nitrogen and oxygen atoms in total. The van der Waals surface area contributed by atoms with Crippen LogP contribution in [0.1, 0.15) is 18.4 Å². The van der Waals surface area contributed by atoms with Crippen LogP contribution in [0.2, 0.25) is 0 Å². The highest BCUT2D eigenvalue weighted by Crippen LogP contribution is 2.23. The van der Waals surface area contributed by atoms with E-state index in [-0.39, 0.29) is 5.82 Å². The molecule has 1 aliphatic rings. The lowest BCUT2D eigenvalue weighted by Gasteiger charge is -2.34. The third-order valence-electron chi connectivity index (χ3n) is 4.16. The SMILES string of the molecule is Cc1cc(F)ccc1NC1CCN(c2ccccc2)CC1. The van der Waals surface area contributed by atoms with Crippen LogP contribution in [0.5, 0.6) is 0 Å². The minimum absolute atomic E-state index is 0.169. The number of halogens is 1. The smallest absolute Gasteiger partial charge is 0.123 e. The third-order valence-corrected chi connectivity index (χ3v) is 4.16. The Balaban J connectivity index is 1.59. The summed E-state index contributed by atoms with van der Waals surface area (Å²) in [6.45, 7) is 4.06. The molecule has 1 heterocycles. The lowest BCUT2D eigenvalue weighted by Crippen LogP contribution is -2.39.